The van der Waals surface area contributed by atoms with Crippen LogP contribution in [0.5, 0.6) is 0 Å². The van der Waals surface area contributed by atoms with Crippen LogP contribution in [0, 0.1) is 5.82 Å². The number of nitrogens with one attached hydrogen (secondary N) is 1. The Bertz CT molecular complexity index is 742. The number of oxime groups is 1. The number of rotatable bonds is 6. The van der Waals surface area contributed by atoms with Crippen LogP contribution in [0.1, 0.15) is 18.9 Å². The molecule has 1 aliphatic rings. The number of benzene rings is 1. The number of hydrogen-bond donors (Lipinski definition) is 1. The van der Waals surface area contributed by atoms with Crippen molar-refractivity contribution in [1.82, 2.24) is 9.78 Å². The minimum Gasteiger partial charge on any atom is -0.382 e. The summed E-state index contributed by atoms with van der Waals surface area (Å²) in [5.74, 6) is -0.636. The fourth-order valence-electron chi connectivity index (χ4n) is 2.24. The third-order valence-corrected chi connectivity index (χ3v) is 3.47. The van der Waals surface area contributed by atoms with E-state index in [-0.39, 0.29) is 11.7 Å². The lowest BCUT2D eigenvalue weighted by molar-refractivity contribution is -0.125. The Morgan fingerprint density at radius 1 is 1.46 bits per heavy atom. The van der Waals surface area contributed by atoms with E-state index in [9.17, 15) is 9.18 Å². The zero-order valence-corrected chi connectivity index (χ0v) is 13.1. The maximum Gasteiger partial charge on any atom is 0.268 e. The van der Waals surface area contributed by atoms with Crippen LogP contribution in [0.4, 0.5) is 10.1 Å². The summed E-state index contributed by atoms with van der Waals surface area (Å²) < 4.78 is 19.8. The Morgan fingerprint density at radius 2 is 2.25 bits per heavy atom. The van der Waals surface area contributed by atoms with Crippen LogP contribution in [0.25, 0.3) is 0 Å². The second kappa shape index (κ2) is 7.22. The van der Waals surface area contributed by atoms with Crippen LogP contribution >= 0.6 is 0 Å². The summed E-state index contributed by atoms with van der Waals surface area (Å²) in [6.07, 6.45) is 2.81. The molecule has 7 nitrogen and oxygen atoms in total. The molecule has 0 saturated heterocycles. The number of aromatic nitrogens is 2. The monoisotopic (exact) mass is 332 g/mol. The van der Waals surface area contributed by atoms with Gasteiger partial charge in [0.2, 0.25) is 6.10 Å². The molecule has 8 heteroatoms. The molecule has 1 aromatic heterocycles. The Kier molecular flexibility index (Phi) is 4.85. The highest BCUT2D eigenvalue weighted by molar-refractivity contribution is 6.06. The number of carbonyl (C=O) groups is 1. The lowest BCUT2D eigenvalue weighted by Crippen LogP contribution is -2.27. The number of hydrogen-bond acceptors (Lipinski definition) is 5. The van der Waals surface area contributed by atoms with Gasteiger partial charge in [-0.1, -0.05) is 17.3 Å². The molecule has 0 saturated carbocycles. The first-order chi connectivity index (χ1) is 11.7. The molecule has 2 heterocycles. The van der Waals surface area contributed by atoms with Gasteiger partial charge in [0.05, 0.1) is 23.8 Å². The van der Waals surface area contributed by atoms with Gasteiger partial charge in [-0.3, -0.25) is 4.79 Å². The fourth-order valence-corrected chi connectivity index (χ4v) is 2.24. The van der Waals surface area contributed by atoms with Crippen molar-refractivity contribution in [3.63, 3.8) is 0 Å². The van der Waals surface area contributed by atoms with E-state index < -0.39 is 6.10 Å². The van der Waals surface area contributed by atoms with Crippen molar-refractivity contribution in [1.29, 1.82) is 0 Å². The summed E-state index contributed by atoms with van der Waals surface area (Å²) in [6, 6.07) is 5.90. The van der Waals surface area contributed by atoms with Gasteiger partial charge in [-0.05, 0) is 24.6 Å². The van der Waals surface area contributed by atoms with Gasteiger partial charge in [0.1, 0.15) is 12.5 Å². The molecule has 0 fully saturated rings. The van der Waals surface area contributed by atoms with Gasteiger partial charge in [-0.15, -0.1) is 0 Å². The second-order valence-corrected chi connectivity index (χ2v) is 5.22. The summed E-state index contributed by atoms with van der Waals surface area (Å²) >= 11 is 0. The van der Waals surface area contributed by atoms with E-state index in [2.05, 4.69) is 15.6 Å². The molecule has 0 bridgehead atoms. The summed E-state index contributed by atoms with van der Waals surface area (Å²) in [7, 11) is 0. The highest BCUT2D eigenvalue weighted by Crippen LogP contribution is 2.18. The molecular weight excluding hydrogens is 315 g/mol. The highest BCUT2D eigenvalue weighted by atomic mass is 19.1. The number of nitrogens with zero attached hydrogens (tertiary/aromatic N) is 3. The Hall–Kier alpha value is -2.74. The van der Waals surface area contributed by atoms with E-state index in [1.54, 1.807) is 23.0 Å². The maximum atomic E-state index is 12.9. The van der Waals surface area contributed by atoms with Crippen molar-refractivity contribution in [2.75, 3.05) is 11.9 Å². The van der Waals surface area contributed by atoms with Gasteiger partial charge in [0.25, 0.3) is 5.91 Å². The molecule has 24 heavy (non-hydrogen) atoms. The number of amides is 1. The van der Waals surface area contributed by atoms with Crippen LogP contribution in [-0.4, -0.2) is 34.1 Å². The number of carbonyl (C=O) groups excluding carboxylic acids is 1. The Labute approximate surface area is 138 Å². The molecule has 0 radical (unpaired) electrons. The SMILES string of the molecule is CCOCn1cc(NC(=O)C2CC(c3ccc(F)cc3)=NO2)cn1. The smallest absolute Gasteiger partial charge is 0.268 e. The van der Waals surface area contributed by atoms with Crippen LogP contribution in [0.3, 0.4) is 0 Å². The molecular formula is C16H17FN4O3. The van der Waals surface area contributed by atoms with Crippen molar-refractivity contribution < 1.29 is 18.8 Å². The Balaban J connectivity index is 1.55. The minimum absolute atomic E-state index is 0.313. The van der Waals surface area contributed by atoms with Gasteiger partial charge in [0, 0.05) is 13.0 Å². The standard InChI is InChI=1S/C16H17FN4O3/c1-2-23-10-21-9-13(8-18-21)19-16(22)15-7-14(20-24-15)11-3-5-12(17)6-4-11/h3-6,8-9,15H,2,7,10H2,1H3,(H,19,22). The van der Waals surface area contributed by atoms with E-state index in [1.807, 2.05) is 6.92 Å². The van der Waals surface area contributed by atoms with E-state index in [0.717, 1.165) is 5.56 Å². The van der Waals surface area contributed by atoms with Crippen LogP contribution in [0.15, 0.2) is 41.8 Å². The molecule has 1 amide bonds. The van der Waals surface area contributed by atoms with Crippen LogP contribution in [0.2, 0.25) is 0 Å². The molecule has 0 aliphatic carbocycles. The molecule has 1 unspecified atom stereocenters. The largest absolute Gasteiger partial charge is 0.382 e. The number of ether oxygens (including phenoxy) is 1. The predicted molar refractivity (Wildman–Crippen MR) is 84.9 cm³/mol. The number of anilines is 1. The van der Waals surface area contributed by atoms with Crippen molar-refractivity contribution in [3.8, 4) is 0 Å². The van der Waals surface area contributed by atoms with Crippen LogP contribution < -0.4 is 5.32 Å². The minimum atomic E-state index is -0.722. The average Bonchev–Trinajstić information content (AvgIpc) is 3.23. The van der Waals surface area contributed by atoms with E-state index in [0.29, 0.717) is 31.2 Å². The Morgan fingerprint density at radius 3 is 3.00 bits per heavy atom. The molecule has 1 atom stereocenters. The first-order valence-corrected chi connectivity index (χ1v) is 7.55. The summed E-state index contributed by atoms with van der Waals surface area (Å²) in [5.41, 5.74) is 1.90. The second-order valence-electron chi connectivity index (χ2n) is 5.22. The number of halogens is 1. The van der Waals surface area contributed by atoms with Crippen molar-refractivity contribution in [3.05, 3.63) is 48.0 Å². The molecule has 3 rings (SSSR count). The van der Waals surface area contributed by atoms with Gasteiger partial charge >= 0.3 is 0 Å². The first-order valence-electron chi connectivity index (χ1n) is 7.55. The highest BCUT2D eigenvalue weighted by Gasteiger charge is 2.29. The molecule has 2 aromatic rings. The van der Waals surface area contributed by atoms with Crippen LogP contribution in [-0.2, 0) is 21.1 Å². The fraction of sp³-hybridized carbons (Fsp3) is 0.312. The van der Waals surface area contributed by atoms with E-state index >= 15 is 0 Å². The molecule has 1 N–H and O–H groups in total. The molecule has 0 spiro atoms. The summed E-state index contributed by atoms with van der Waals surface area (Å²) in [6.45, 7) is 2.80. The molecule has 1 aromatic carbocycles. The van der Waals surface area contributed by atoms with Gasteiger partial charge < -0.3 is 14.9 Å². The summed E-state index contributed by atoms with van der Waals surface area (Å²) in [5, 5.41) is 10.7. The predicted octanol–water partition coefficient (Wildman–Crippen LogP) is 2.15. The maximum absolute atomic E-state index is 12.9. The third kappa shape index (κ3) is 3.77. The van der Waals surface area contributed by atoms with Gasteiger partial charge in [-0.2, -0.15) is 5.10 Å². The summed E-state index contributed by atoms with van der Waals surface area (Å²) in [4.78, 5) is 17.4. The molecule has 1 aliphatic heterocycles. The zero-order chi connectivity index (χ0) is 16.9. The normalized spacial score (nSPS) is 16.6. The lowest BCUT2D eigenvalue weighted by Gasteiger charge is -2.07. The van der Waals surface area contributed by atoms with Crippen molar-refractivity contribution >= 4 is 17.3 Å². The van der Waals surface area contributed by atoms with E-state index in [4.69, 9.17) is 9.57 Å². The average molecular weight is 332 g/mol. The van der Waals surface area contributed by atoms with E-state index in [1.165, 1.54) is 18.3 Å². The first kappa shape index (κ1) is 16.1. The molecule has 126 valence electrons. The van der Waals surface area contributed by atoms with Gasteiger partial charge in [0.15, 0.2) is 0 Å². The van der Waals surface area contributed by atoms with Crippen molar-refractivity contribution in [2.24, 2.45) is 5.16 Å². The topological polar surface area (TPSA) is 77.7 Å². The lowest BCUT2D eigenvalue weighted by atomic mass is 10.0. The zero-order valence-electron chi connectivity index (χ0n) is 13.1. The van der Waals surface area contributed by atoms with Crippen molar-refractivity contribution in [2.45, 2.75) is 26.2 Å². The third-order valence-electron chi connectivity index (χ3n) is 3.47. The van der Waals surface area contributed by atoms with Gasteiger partial charge in [-0.25, -0.2) is 9.07 Å². The quantitative estimate of drug-likeness (QED) is 0.879.